The standard InChI is InChI=1S/C30H40N4O5/c1-22-6-8-27(16-23(22)2)39-21-30(36)19-32(12-13-34(20-30)25(4)35)18-26-7-9-28(29(17-26)37-5)38-15-14-33-11-10-31-24(33)3/h6-11,16-17,36H,12-15,18-21H2,1-5H3. The van der Waals surface area contributed by atoms with Gasteiger partial charge in [-0.2, -0.15) is 0 Å². The van der Waals surface area contributed by atoms with E-state index < -0.39 is 5.60 Å². The molecular formula is C30H40N4O5. The van der Waals surface area contributed by atoms with Crippen LogP contribution in [0, 0.1) is 20.8 Å². The Kier molecular flexibility index (Phi) is 9.14. The Hall–Kier alpha value is -3.56. The molecule has 4 rings (SSSR count). The number of aryl methyl sites for hydroxylation is 3. The van der Waals surface area contributed by atoms with Crippen LogP contribution >= 0.6 is 0 Å². The molecule has 1 saturated heterocycles. The Morgan fingerprint density at radius 1 is 1.03 bits per heavy atom. The predicted molar refractivity (Wildman–Crippen MR) is 149 cm³/mol. The summed E-state index contributed by atoms with van der Waals surface area (Å²) in [6.07, 6.45) is 3.71. The summed E-state index contributed by atoms with van der Waals surface area (Å²) in [4.78, 5) is 20.4. The fourth-order valence-corrected chi connectivity index (χ4v) is 4.84. The third kappa shape index (κ3) is 7.52. The number of methoxy groups -OCH3 is 1. The number of hydrogen-bond acceptors (Lipinski definition) is 7. The molecule has 1 amide bonds. The first kappa shape index (κ1) is 28.4. The first-order valence-corrected chi connectivity index (χ1v) is 13.3. The van der Waals surface area contributed by atoms with Crippen LogP contribution < -0.4 is 14.2 Å². The molecule has 1 unspecified atom stereocenters. The molecule has 1 N–H and O–H groups in total. The van der Waals surface area contributed by atoms with Crippen molar-refractivity contribution in [3.05, 3.63) is 71.3 Å². The van der Waals surface area contributed by atoms with Crippen molar-refractivity contribution < 1.29 is 24.1 Å². The molecule has 0 saturated carbocycles. The van der Waals surface area contributed by atoms with Crippen molar-refractivity contribution in [2.45, 2.75) is 46.4 Å². The Balaban J connectivity index is 1.42. The van der Waals surface area contributed by atoms with E-state index in [4.69, 9.17) is 14.2 Å². The zero-order chi connectivity index (χ0) is 28.0. The summed E-state index contributed by atoms with van der Waals surface area (Å²) in [7, 11) is 1.63. The Bertz CT molecular complexity index is 1280. The molecule has 2 heterocycles. The summed E-state index contributed by atoms with van der Waals surface area (Å²) in [5.74, 6) is 2.93. The van der Waals surface area contributed by atoms with Gasteiger partial charge in [0.15, 0.2) is 11.5 Å². The third-order valence-electron chi connectivity index (χ3n) is 7.27. The number of nitrogens with zero attached hydrogens (tertiary/aromatic N) is 4. The van der Waals surface area contributed by atoms with E-state index in [9.17, 15) is 9.90 Å². The van der Waals surface area contributed by atoms with Crippen LogP contribution in [0.1, 0.15) is 29.4 Å². The van der Waals surface area contributed by atoms with Gasteiger partial charge in [-0.1, -0.05) is 12.1 Å². The fraction of sp³-hybridized carbons (Fsp3) is 0.467. The minimum atomic E-state index is -1.22. The van der Waals surface area contributed by atoms with Crippen molar-refractivity contribution in [1.29, 1.82) is 0 Å². The van der Waals surface area contributed by atoms with Crippen LogP contribution in [0.15, 0.2) is 48.8 Å². The molecule has 3 aromatic rings. The number of imidazole rings is 1. The zero-order valence-corrected chi connectivity index (χ0v) is 23.6. The highest BCUT2D eigenvalue weighted by molar-refractivity contribution is 5.73. The average Bonchev–Trinajstić information content (AvgIpc) is 3.23. The second-order valence-corrected chi connectivity index (χ2v) is 10.4. The van der Waals surface area contributed by atoms with Crippen LogP contribution in [0.3, 0.4) is 0 Å². The number of hydrogen-bond donors (Lipinski definition) is 1. The van der Waals surface area contributed by atoms with Crippen LogP contribution in [0.5, 0.6) is 17.2 Å². The molecule has 0 spiro atoms. The van der Waals surface area contributed by atoms with Gasteiger partial charge in [-0.3, -0.25) is 9.69 Å². The maximum atomic E-state index is 12.3. The minimum absolute atomic E-state index is 0.0597. The average molecular weight is 537 g/mol. The van der Waals surface area contributed by atoms with Gasteiger partial charge >= 0.3 is 0 Å². The molecule has 39 heavy (non-hydrogen) atoms. The van der Waals surface area contributed by atoms with Crippen molar-refractivity contribution in [1.82, 2.24) is 19.4 Å². The van der Waals surface area contributed by atoms with Crippen molar-refractivity contribution in [3.63, 3.8) is 0 Å². The number of aromatic nitrogens is 2. The van der Waals surface area contributed by atoms with E-state index in [1.807, 2.05) is 61.0 Å². The van der Waals surface area contributed by atoms with E-state index in [2.05, 4.69) is 16.8 Å². The van der Waals surface area contributed by atoms with E-state index in [1.165, 1.54) is 12.5 Å². The van der Waals surface area contributed by atoms with Crippen LogP contribution in [-0.2, 0) is 17.9 Å². The van der Waals surface area contributed by atoms with Crippen molar-refractivity contribution in [2.75, 3.05) is 46.5 Å². The lowest BCUT2D eigenvalue weighted by Gasteiger charge is -2.33. The minimum Gasteiger partial charge on any atom is -0.493 e. The van der Waals surface area contributed by atoms with Gasteiger partial charge in [0.2, 0.25) is 5.91 Å². The van der Waals surface area contributed by atoms with E-state index in [0.717, 1.165) is 17.0 Å². The SMILES string of the molecule is COc1cc(CN2CCN(C(C)=O)CC(O)(COc3ccc(C)c(C)c3)C2)ccc1OCCn1ccnc1C. The smallest absolute Gasteiger partial charge is 0.219 e. The van der Waals surface area contributed by atoms with Crippen molar-refractivity contribution in [2.24, 2.45) is 0 Å². The number of carbonyl (C=O) groups excluding carboxylic acids is 1. The monoisotopic (exact) mass is 536 g/mol. The van der Waals surface area contributed by atoms with Gasteiger partial charge in [0.05, 0.1) is 20.2 Å². The van der Waals surface area contributed by atoms with Crippen LogP contribution in [-0.4, -0.2) is 82.5 Å². The lowest BCUT2D eigenvalue weighted by Crippen LogP contribution is -2.51. The summed E-state index contributed by atoms with van der Waals surface area (Å²) >= 11 is 0. The number of amides is 1. The summed E-state index contributed by atoms with van der Waals surface area (Å²) in [6, 6.07) is 11.8. The van der Waals surface area contributed by atoms with Crippen LogP contribution in [0.4, 0.5) is 0 Å². The lowest BCUT2D eigenvalue weighted by atomic mass is 10.0. The second kappa shape index (κ2) is 12.5. The van der Waals surface area contributed by atoms with Crippen molar-refractivity contribution in [3.8, 4) is 17.2 Å². The van der Waals surface area contributed by atoms with Gasteiger partial charge < -0.3 is 28.8 Å². The maximum Gasteiger partial charge on any atom is 0.219 e. The highest BCUT2D eigenvalue weighted by atomic mass is 16.5. The van der Waals surface area contributed by atoms with Crippen LogP contribution in [0.2, 0.25) is 0 Å². The number of β-amino-alcohol motifs (C(OH)–C–C–N with tert-alkyl or cyclic N) is 1. The quantitative estimate of drug-likeness (QED) is 0.425. The summed E-state index contributed by atoms with van der Waals surface area (Å²) in [5, 5.41) is 11.6. The second-order valence-electron chi connectivity index (χ2n) is 10.4. The molecule has 1 aliphatic rings. The molecule has 9 heteroatoms. The van der Waals surface area contributed by atoms with Gasteiger partial charge in [0, 0.05) is 45.5 Å². The summed E-state index contributed by atoms with van der Waals surface area (Å²) in [6.45, 7) is 11.2. The molecule has 1 atom stereocenters. The van der Waals surface area contributed by atoms with Gasteiger partial charge in [-0.25, -0.2) is 4.98 Å². The molecule has 9 nitrogen and oxygen atoms in total. The topological polar surface area (TPSA) is 89.3 Å². The normalized spacial score (nSPS) is 18.1. The largest absolute Gasteiger partial charge is 0.493 e. The van der Waals surface area contributed by atoms with Gasteiger partial charge in [-0.05, 0) is 61.7 Å². The molecular weight excluding hydrogens is 496 g/mol. The molecule has 210 valence electrons. The third-order valence-corrected chi connectivity index (χ3v) is 7.27. The molecule has 0 bridgehead atoms. The summed E-state index contributed by atoms with van der Waals surface area (Å²) in [5.41, 5.74) is 2.12. The molecule has 1 aromatic heterocycles. The first-order valence-electron chi connectivity index (χ1n) is 13.3. The van der Waals surface area contributed by atoms with Gasteiger partial charge in [0.1, 0.15) is 30.4 Å². The van der Waals surface area contributed by atoms with Gasteiger partial charge in [0.25, 0.3) is 0 Å². The Labute approximate surface area is 230 Å². The van der Waals surface area contributed by atoms with E-state index in [-0.39, 0.29) is 19.1 Å². The molecule has 2 aromatic carbocycles. The van der Waals surface area contributed by atoms with E-state index in [1.54, 1.807) is 18.2 Å². The Morgan fingerprint density at radius 3 is 2.54 bits per heavy atom. The van der Waals surface area contributed by atoms with E-state index in [0.29, 0.717) is 56.6 Å². The Morgan fingerprint density at radius 2 is 1.85 bits per heavy atom. The van der Waals surface area contributed by atoms with Gasteiger partial charge in [-0.15, -0.1) is 0 Å². The maximum absolute atomic E-state index is 12.3. The zero-order valence-electron chi connectivity index (χ0n) is 23.6. The highest BCUT2D eigenvalue weighted by Gasteiger charge is 2.37. The number of benzene rings is 2. The van der Waals surface area contributed by atoms with E-state index >= 15 is 0 Å². The fourth-order valence-electron chi connectivity index (χ4n) is 4.84. The number of ether oxygens (including phenoxy) is 3. The highest BCUT2D eigenvalue weighted by Crippen LogP contribution is 2.29. The molecule has 0 radical (unpaired) electrons. The molecule has 1 aliphatic heterocycles. The lowest BCUT2D eigenvalue weighted by molar-refractivity contribution is -0.132. The first-order chi connectivity index (χ1) is 18.7. The summed E-state index contributed by atoms with van der Waals surface area (Å²) < 4.78 is 19.7. The number of carbonyl (C=O) groups is 1. The number of aliphatic hydroxyl groups is 1. The predicted octanol–water partition coefficient (Wildman–Crippen LogP) is 3.37. The number of rotatable bonds is 10. The molecule has 0 aliphatic carbocycles. The van der Waals surface area contributed by atoms with Crippen LogP contribution in [0.25, 0.3) is 0 Å². The molecule has 1 fully saturated rings. The van der Waals surface area contributed by atoms with Crippen molar-refractivity contribution >= 4 is 5.91 Å².